The molecular weight excluding hydrogens is 335 g/mol. The highest BCUT2D eigenvalue weighted by molar-refractivity contribution is 6.43. The monoisotopic (exact) mass is 344 g/mol. The van der Waals surface area contributed by atoms with Gasteiger partial charge in [-0.2, -0.15) is 0 Å². The van der Waals surface area contributed by atoms with E-state index in [2.05, 4.69) is 5.32 Å². The minimum Gasteiger partial charge on any atom is -0.482 e. The number of nitrogens with one attached hydrogen (secondary N) is 1. The Morgan fingerprint density at radius 1 is 1.10 bits per heavy atom. The Morgan fingerprint density at radius 2 is 1.81 bits per heavy atom. The van der Waals surface area contributed by atoms with Crippen molar-refractivity contribution in [3.8, 4) is 5.75 Å². The first-order valence-corrected chi connectivity index (χ1v) is 7.02. The highest BCUT2D eigenvalue weighted by atomic mass is 35.5. The molecule has 0 aliphatic heterocycles. The predicted molar refractivity (Wildman–Crippen MR) is 86.5 cm³/mol. The maximum Gasteiger partial charge on any atom is 0.262 e. The molecule has 4 nitrogen and oxygen atoms in total. The van der Waals surface area contributed by atoms with Gasteiger partial charge in [-0.1, -0.05) is 40.9 Å². The van der Waals surface area contributed by atoms with Crippen LogP contribution in [0.3, 0.4) is 0 Å². The molecule has 3 N–H and O–H groups in total. The van der Waals surface area contributed by atoms with Crippen molar-refractivity contribution in [1.82, 2.24) is 0 Å². The number of hydrogen-bond acceptors (Lipinski definition) is 3. The first-order chi connectivity index (χ1) is 9.95. The van der Waals surface area contributed by atoms with Gasteiger partial charge in [0, 0.05) is 17.4 Å². The molecule has 0 saturated carbocycles. The molecule has 0 spiro atoms. The topological polar surface area (TPSA) is 64.3 Å². The SMILES string of the molecule is Nc1cccc(NC(=O)COc2cc(Cl)c(Cl)cc2Cl)c1. The number of hydrogen-bond donors (Lipinski definition) is 2. The Hall–Kier alpha value is -1.62. The summed E-state index contributed by atoms with van der Waals surface area (Å²) in [6, 6.07) is 9.74. The molecule has 0 aromatic heterocycles. The summed E-state index contributed by atoms with van der Waals surface area (Å²) in [7, 11) is 0. The van der Waals surface area contributed by atoms with Crippen LogP contribution in [0.4, 0.5) is 11.4 Å². The third-order valence-corrected chi connectivity index (χ3v) is 3.52. The Labute approximate surface area is 136 Å². The van der Waals surface area contributed by atoms with Gasteiger partial charge >= 0.3 is 0 Å². The smallest absolute Gasteiger partial charge is 0.262 e. The third kappa shape index (κ3) is 4.43. The van der Waals surface area contributed by atoms with Gasteiger partial charge in [0.05, 0.1) is 15.1 Å². The van der Waals surface area contributed by atoms with Gasteiger partial charge in [-0.05, 0) is 24.3 Å². The maximum atomic E-state index is 11.8. The second-order valence-electron chi connectivity index (χ2n) is 4.16. The number of benzene rings is 2. The molecule has 0 unspecified atom stereocenters. The minimum absolute atomic E-state index is 0.216. The maximum absolute atomic E-state index is 11.8. The second-order valence-corrected chi connectivity index (χ2v) is 5.38. The average molecular weight is 346 g/mol. The van der Waals surface area contributed by atoms with E-state index in [0.717, 1.165) is 0 Å². The van der Waals surface area contributed by atoms with E-state index in [4.69, 9.17) is 45.3 Å². The van der Waals surface area contributed by atoms with E-state index in [-0.39, 0.29) is 23.3 Å². The summed E-state index contributed by atoms with van der Waals surface area (Å²) >= 11 is 17.6. The molecular formula is C14H11Cl3N2O2. The molecule has 1 amide bonds. The van der Waals surface area contributed by atoms with Crippen LogP contribution in [-0.2, 0) is 4.79 Å². The normalized spacial score (nSPS) is 10.2. The summed E-state index contributed by atoms with van der Waals surface area (Å²) in [5.41, 5.74) is 6.77. The lowest BCUT2D eigenvalue weighted by Gasteiger charge is -2.10. The molecule has 0 heterocycles. The second kappa shape index (κ2) is 6.89. The molecule has 0 bridgehead atoms. The summed E-state index contributed by atoms with van der Waals surface area (Å²) in [5.74, 6) is -0.0588. The average Bonchev–Trinajstić information content (AvgIpc) is 2.41. The van der Waals surface area contributed by atoms with E-state index in [1.165, 1.54) is 12.1 Å². The van der Waals surface area contributed by atoms with Gasteiger partial charge in [0.2, 0.25) is 0 Å². The van der Waals surface area contributed by atoms with Crippen LogP contribution in [0.15, 0.2) is 36.4 Å². The number of halogens is 3. The Balaban J connectivity index is 1.97. The van der Waals surface area contributed by atoms with E-state index in [9.17, 15) is 4.79 Å². The number of anilines is 2. The van der Waals surface area contributed by atoms with E-state index >= 15 is 0 Å². The minimum atomic E-state index is -0.345. The van der Waals surface area contributed by atoms with Gasteiger partial charge in [-0.3, -0.25) is 4.79 Å². The number of carbonyl (C=O) groups is 1. The molecule has 7 heteroatoms. The van der Waals surface area contributed by atoms with Crippen molar-refractivity contribution < 1.29 is 9.53 Å². The van der Waals surface area contributed by atoms with Crippen LogP contribution in [0.5, 0.6) is 5.75 Å². The van der Waals surface area contributed by atoms with Gasteiger partial charge in [-0.15, -0.1) is 0 Å². The number of rotatable bonds is 4. The van der Waals surface area contributed by atoms with E-state index in [1.54, 1.807) is 24.3 Å². The molecule has 110 valence electrons. The van der Waals surface area contributed by atoms with E-state index < -0.39 is 0 Å². The summed E-state index contributed by atoms with van der Waals surface area (Å²) in [5, 5.41) is 3.55. The van der Waals surface area contributed by atoms with Crippen LogP contribution in [0, 0.1) is 0 Å². The zero-order valence-electron chi connectivity index (χ0n) is 10.7. The van der Waals surface area contributed by atoms with Crippen LogP contribution in [0.25, 0.3) is 0 Å². The molecule has 21 heavy (non-hydrogen) atoms. The Bertz CT molecular complexity index is 677. The number of ether oxygens (including phenoxy) is 1. The lowest BCUT2D eigenvalue weighted by Crippen LogP contribution is -2.20. The third-order valence-electron chi connectivity index (χ3n) is 2.50. The standard InChI is InChI=1S/C14H11Cl3N2O2/c15-10-5-12(17)13(6-11(10)16)21-7-14(20)19-9-3-1-2-8(18)4-9/h1-6H,7,18H2,(H,19,20). The Morgan fingerprint density at radius 3 is 2.52 bits per heavy atom. The van der Waals surface area contributed by atoms with E-state index in [0.29, 0.717) is 21.4 Å². The largest absolute Gasteiger partial charge is 0.482 e. The summed E-state index contributed by atoms with van der Waals surface area (Å²) in [6.07, 6.45) is 0. The fourth-order valence-electron chi connectivity index (χ4n) is 1.57. The van der Waals surface area contributed by atoms with Gasteiger partial charge in [-0.25, -0.2) is 0 Å². The first-order valence-electron chi connectivity index (χ1n) is 5.88. The van der Waals surface area contributed by atoms with Crippen LogP contribution in [0.2, 0.25) is 15.1 Å². The van der Waals surface area contributed by atoms with Crippen LogP contribution in [0.1, 0.15) is 0 Å². The van der Waals surface area contributed by atoms with Crippen LogP contribution < -0.4 is 15.8 Å². The van der Waals surface area contributed by atoms with Crippen molar-refractivity contribution in [2.24, 2.45) is 0 Å². The molecule has 2 aromatic rings. The molecule has 0 atom stereocenters. The molecule has 2 rings (SSSR count). The molecule has 0 aliphatic rings. The number of carbonyl (C=O) groups excluding carboxylic acids is 1. The van der Waals surface area contributed by atoms with Crippen molar-refractivity contribution in [3.63, 3.8) is 0 Å². The highest BCUT2D eigenvalue weighted by Crippen LogP contribution is 2.33. The fraction of sp³-hybridized carbons (Fsp3) is 0.0714. The molecule has 2 aromatic carbocycles. The first kappa shape index (κ1) is 15.8. The number of nitrogen functional groups attached to an aromatic ring is 1. The highest BCUT2D eigenvalue weighted by Gasteiger charge is 2.09. The number of nitrogens with two attached hydrogens (primary N) is 1. The van der Waals surface area contributed by atoms with Crippen LogP contribution >= 0.6 is 34.8 Å². The van der Waals surface area contributed by atoms with Crippen molar-refractivity contribution in [3.05, 3.63) is 51.5 Å². The molecule has 0 fully saturated rings. The van der Waals surface area contributed by atoms with Crippen LogP contribution in [-0.4, -0.2) is 12.5 Å². The quantitative estimate of drug-likeness (QED) is 0.643. The van der Waals surface area contributed by atoms with Gasteiger partial charge in [0.1, 0.15) is 5.75 Å². The molecule has 0 saturated heterocycles. The zero-order valence-corrected chi connectivity index (χ0v) is 13.0. The molecule has 0 radical (unpaired) electrons. The Kier molecular flexibility index (Phi) is 5.17. The van der Waals surface area contributed by atoms with E-state index in [1.807, 2.05) is 0 Å². The molecule has 0 aliphatic carbocycles. The van der Waals surface area contributed by atoms with Gasteiger partial charge in [0.15, 0.2) is 6.61 Å². The summed E-state index contributed by atoms with van der Waals surface area (Å²) < 4.78 is 5.32. The van der Waals surface area contributed by atoms with Gasteiger partial charge < -0.3 is 15.8 Å². The predicted octanol–water partition coefficient (Wildman–Crippen LogP) is 4.25. The summed E-state index contributed by atoms with van der Waals surface area (Å²) in [6.45, 7) is -0.216. The van der Waals surface area contributed by atoms with Gasteiger partial charge in [0.25, 0.3) is 5.91 Å². The van der Waals surface area contributed by atoms with Crippen molar-refractivity contribution in [2.75, 3.05) is 17.7 Å². The van der Waals surface area contributed by atoms with Crippen molar-refractivity contribution >= 4 is 52.1 Å². The zero-order chi connectivity index (χ0) is 15.4. The van der Waals surface area contributed by atoms with Crippen molar-refractivity contribution in [2.45, 2.75) is 0 Å². The lowest BCUT2D eigenvalue weighted by molar-refractivity contribution is -0.118. The summed E-state index contributed by atoms with van der Waals surface area (Å²) in [4.78, 5) is 11.8. The lowest BCUT2D eigenvalue weighted by atomic mass is 10.3. The number of amides is 1. The fourth-order valence-corrected chi connectivity index (χ4v) is 2.16. The van der Waals surface area contributed by atoms with Crippen molar-refractivity contribution in [1.29, 1.82) is 0 Å².